The zero-order chi connectivity index (χ0) is 13.5. The van der Waals surface area contributed by atoms with E-state index >= 15 is 0 Å². The van der Waals surface area contributed by atoms with Gasteiger partial charge in [-0.2, -0.15) is 0 Å². The van der Waals surface area contributed by atoms with Crippen molar-refractivity contribution in [3.05, 3.63) is 42.1 Å². The Morgan fingerprint density at radius 2 is 2.05 bits per heavy atom. The van der Waals surface area contributed by atoms with E-state index < -0.39 is 0 Å². The fourth-order valence-electron chi connectivity index (χ4n) is 3.57. The molecule has 19 heavy (non-hydrogen) atoms. The average molecular weight is 254 g/mol. The van der Waals surface area contributed by atoms with Crippen LogP contribution in [0.1, 0.15) is 38.7 Å². The molecule has 0 amide bonds. The molecule has 1 fully saturated rings. The number of nitrogens with two attached hydrogens (primary N) is 1. The van der Waals surface area contributed by atoms with Gasteiger partial charge in [0.1, 0.15) is 0 Å². The summed E-state index contributed by atoms with van der Waals surface area (Å²) in [6.45, 7) is 4.63. The van der Waals surface area contributed by atoms with Crippen LogP contribution in [0.3, 0.4) is 0 Å². The predicted molar refractivity (Wildman–Crippen MR) is 79.8 cm³/mol. The van der Waals surface area contributed by atoms with E-state index in [1.807, 2.05) is 12.3 Å². The number of fused-ring (bicyclic) bond motifs is 1. The molecule has 1 aliphatic rings. The van der Waals surface area contributed by atoms with Gasteiger partial charge >= 0.3 is 0 Å². The fraction of sp³-hybridized carbons (Fsp3) is 0.471. The van der Waals surface area contributed by atoms with E-state index in [-0.39, 0.29) is 5.54 Å². The van der Waals surface area contributed by atoms with E-state index in [0.717, 1.165) is 17.9 Å². The van der Waals surface area contributed by atoms with E-state index in [9.17, 15) is 0 Å². The normalized spacial score (nSPS) is 31.5. The second-order valence-electron chi connectivity index (χ2n) is 6.20. The maximum Gasteiger partial charge on any atom is 0.0705 e. The molecule has 2 heteroatoms. The Labute approximate surface area is 115 Å². The van der Waals surface area contributed by atoms with Crippen LogP contribution < -0.4 is 5.73 Å². The molecule has 0 spiro atoms. The van der Waals surface area contributed by atoms with Crippen LogP contribution in [0.25, 0.3) is 10.9 Å². The molecule has 3 rings (SSSR count). The molecule has 1 saturated carbocycles. The van der Waals surface area contributed by atoms with Gasteiger partial charge < -0.3 is 5.73 Å². The molecule has 2 nitrogen and oxygen atoms in total. The Bertz CT molecular complexity index is 587. The molecule has 0 saturated heterocycles. The smallest absolute Gasteiger partial charge is 0.0705 e. The van der Waals surface area contributed by atoms with Gasteiger partial charge in [0, 0.05) is 17.1 Å². The molecule has 3 unspecified atom stereocenters. The van der Waals surface area contributed by atoms with Gasteiger partial charge in [-0.1, -0.05) is 32.0 Å². The summed E-state index contributed by atoms with van der Waals surface area (Å²) in [6.07, 6.45) is 5.36. The van der Waals surface area contributed by atoms with E-state index in [1.54, 1.807) is 0 Å². The Morgan fingerprint density at radius 1 is 1.21 bits per heavy atom. The molecule has 1 heterocycles. The highest BCUT2D eigenvalue weighted by Gasteiger charge is 2.39. The molecule has 100 valence electrons. The Hall–Kier alpha value is -1.41. The monoisotopic (exact) mass is 254 g/mol. The van der Waals surface area contributed by atoms with E-state index in [0.29, 0.717) is 5.92 Å². The van der Waals surface area contributed by atoms with Gasteiger partial charge in [0.15, 0.2) is 0 Å². The molecule has 0 radical (unpaired) electrons. The second kappa shape index (κ2) is 4.61. The van der Waals surface area contributed by atoms with Gasteiger partial charge in [0.2, 0.25) is 0 Å². The van der Waals surface area contributed by atoms with Crippen LogP contribution in [-0.4, -0.2) is 4.98 Å². The van der Waals surface area contributed by atoms with Crippen LogP contribution in [0.2, 0.25) is 0 Å². The Morgan fingerprint density at radius 3 is 2.84 bits per heavy atom. The summed E-state index contributed by atoms with van der Waals surface area (Å²) in [5, 5.41) is 1.22. The third-order valence-corrected chi connectivity index (χ3v) is 4.83. The zero-order valence-corrected chi connectivity index (χ0v) is 11.8. The molecule has 0 bridgehead atoms. The predicted octanol–water partition coefficient (Wildman–Crippen LogP) is 3.84. The molecule has 1 aromatic heterocycles. The number of hydrogen-bond acceptors (Lipinski definition) is 2. The number of rotatable bonds is 1. The third kappa shape index (κ3) is 2.04. The lowest BCUT2D eigenvalue weighted by Gasteiger charge is -2.43. The Kier molecular flexibility index (Phi) is 3.06. The van der Waals surface area contributed by atoms with E-state index in [2.05, 4.69) is 43.1 Å². The summed E-state index contributed by atoms with van der Waals surface area (Å²) >= 11 is 0. The summed E-state index contributed by atoms with van der Waals surface area (Å²) in [5.41, 5.74) is 8.95. The van der Waals surface area contributed by atoms with Crippen molar-refractivity contribution >= 4 is 10.9 Å². The summed E-state index contributed by atoms with van der Waals surface area (Å²) in [6, 6.07) is 10.5. The number of aromatic nitrogens is 1. The lowest BCUT2D eigenvalue weighted by molar-refractivity contribution is 0.166. The molecular formula is C17H22N2. The van der Waals surface area contributed by atoms with E-state index in [4.69, 9.17) is 5.73 Å². The topological polar surface area (TPSA) is 38.9 Å². The van der Waals surface area contributed by atoms with Crippen molar-refractivity contribution in [1.29, 1.82) is 0 Å². The van der Waals surface area contributed by atoms with Crippen molar-refractivity contribution in [2.45, 2.75) is 38.6 Å². The molecule has 3 atom stereocenters. The van der Waals surface area contributed by atoms with Crippen molar-refractivity contribution in [1.82, 2.24) is 4.98 Å². The highest BCUT2D eigenvalue weighted by Crippen LogP contribution is 2.43. The second-order valence-corrected chi connectivity index (χ2v) is 6.20. The lowest BCUT2D eigenvalue weighted by atomic mass is 9.66. The summed E-state index contributed by atoms with van der Waals surface area (Å²) < 4.78 is 0. The van der Waals surface area contributed by atoms with Crippen LogP contribution in [0.15, 0.2) is 36.5 Å². The zero-order valence-electron chi connectivity index (χ0n) is 11.8. The number of benzene rings is 1. The highest BCUT2D eigenvalue weighted by molar-refractivity contribution is 5.83. The minimum Gasteiger partial charge on any atom is -0.321 e. The van der Waals surface area contributed by atoms with Crippen LogP contribution in [0.5, 0.6) is 0 Å². The standard InChI is InChI=1S/C17H22N2/c1-12-8-9-17(18,13(2)11-12)15-6-3-7-16-14(15)5-4-10-19-16/h3-7,10,12-13H,8-9,11,18H2,1-2H3. The average Bonchev–Trinajstić information content (AvgIpc) is 2.43. The van der Waals surface area contributed by atoms with Crippen molar-refractivity contribution in [3.63, 3.8) is 0 Å². The van der Waals surface area contributed by atoms with Gasteiger partial charge in [-0.3, -0.25) is 4.98 Å². The van der Waals surface area contributed by atoms with Crippen LogP contribution in [0.4, 0.5) is 0 Å². The van der Waals surface area contributed by atoms with Gasteiger partial charge in [-0.05, 0) is 48.8 Å². The van der Waals surface area contributed by atoms with Crippen molar-refractivity contribution in [2.75, 3.05) is 0 Å². The number of pyridine rings is 1. The van der Waals surface area contributed by atoms with Gasteiger partial charge in [0.05, 0.1) is 5.52 Å². The molecule has 2 aromatic rings. The van der Waals surface area contributed by atoms with Crippen LogP contribution >= 0.6 is 0 Å². The van der Waals surface area contributed by atoms with Gasteiger partial charge in [0.25, 0.3) is 0 Å². The lowest BCUT2D eigenvalue weighted by Crippen LogP contribution is -2.46. The SMILES string of the molecule is CC1CCC(N)(c2cccc3ncccc23)C(C)C1. The fourth-order valence-corrected chi connectivity index (χ4v) is 3.57. The minimum absolute atomic E-state index is 0.199. The van der Waals surface area contributed by atoms with Gasteiger partial charge in [-0.25, -0.2) is 0 Å². The maximum atomic E-state index is 6.82. The third-order valence-electron chi connectivity index (χ3n) is 4.83. The molecule has 1 aromatic carbocycles. The molecule has 0 aliphatic heterocycles. The summed E-state index contributed by atoms with van der Waals surface area (Å²) in [5.74, 6) is 1.31. The quantitative estimate of drug-likeness (QED) is 0.839. The minimum atomic E-state index is -0.199. The van der Waals surface area contributed by atoms with Crippen molar-refractivity contribution in [2.24, 2.45) is 17.6 Å². The summed E-state index contributed by atoms with van der Waals surface area (Å²) in [4.78, 5) is 4.45. The maximum absolute atomic E-state index is 6.82. The summed E-state index contributed by atoms with van der Waals surface area (Å²) in [7, 11) is 0. The number of nitrogens with zero attached hydrogens (tertiary/aromatic N) is 1. The Balaban J connectivity index is 2.13. The molecule has 2 N–H and O–H groups in total. The first-order valence-corrected chi connectivity index (χ1v) is 7.24. The largest absolute Gasteiger partial charge is 0.321 e. The first kappa shape index (κ1) is 12.6. The highest BCUT2D eigenvalue weighted by atomic mass is 14.8. The first-order chi connectivity index (χ1) is 9.11. The van der Waals surface area contributed by atoms with Crippen LogP contribution in [-0.2, 0) is 5.54 Å². The van der Waals surface area contributed by atoms with Crippen LogP contribution in [0, 0.1) is 11.8 Å². The first-order valence-electron chi connectivity index (χ1n) is 7.24. The number of hydrogen-bond donors (Lipinski definition) is 1. The van der Waals surface area contributed by atoms with E-state index in [1.165, 1.54) is 23.8 Å². The molecular weight excluding hydrogens is 232 g/mol. The van der Waals surface area contributed by atoms with Crippen molar-refractivity contribution < 1.29 is 0 Å². The van der Waals surface area contributed by atoms with Gasteiger partial charge in [-0.15, -0.1) is 0 Å². The molecule has 1 aliphatic carbocycles. The van der Waals surface area contributed by atoms with Crippen molar-refractivity contribution in [3.8, 4) is 0 Å².